The van der Waals surface area contributed by atoms with Gasteiger partial charge in [-0.05, 0) is 12.8 Å². The summed E-state index contributed by atoms with van der Waals surface area (Å²) in [6, 6.07) is 0. The Balaban J connectivity index is 2.04. The van der Waals surface area contributed by atoms with Crippen molar-refractivity contribution in [1.29, 1.82) is 0 Å². The van der Waals surface area contributed by atoms with Crippen LogP contribution < -0.4 is 9.64 Å². The monoisotopic (exact) mass is 285 g/mol. The van der Waals surface area contributed by atoms with Gasteiger partial charge in [-0.15, -0.1) is 0 Å². The first kappa shape index (κ1) is 11.6. The molecule has 1 aliphatic rings. The summed E-state index contributed by atoms with van der Waals surface area (Å²) in [6.07, 6.45) is 5.60. The van der Waals surface area contributed by atoms with Crippen LogP contribution in [0.4, 0.5) is 5.82 Å². The second kappa shape index (κ2) is 5.48. The van der Waals surface area contributed by atoms with Gasteiger partial charge in [0, 0.05) is 17.9 Å². The van der Waals surface area contributed by atoms with Crippen LogP contribution in [0.1, 0.15) is 19.8 Å². The topological polar surface area (TPSA) is 38.2 Å². The van der Waals surface area contributed by atoms with Crippen molar-refractivity contribution in [2.75, 3.05) is 24.6 Å². The molecule has 0 radical (unpaired) electrons. The van der Waals surface area contributed by atoms with E-state index < -0.39 is 0 Å². The van der Waals surface area contributed by atoms with Gasteiger partial charge in [-0.2, -0.15) is 4.98 Å². The zero-order valence-electron chi connectivity index (χ0n) is 9.40. The van der Waals surface area contributed by atoms with Crippen LogP contribution >= 0.6 is 15.9 Å². The lowest BCUT2D eigenvalue weighted by molar-refractivity contribution is 0.304. The summed E-state index contributed by atoms with van der Waals surface area (Å²) in [6.45, 7) is 4.79. The SMILES string of the molecule is CCCOc1cncc(N2CCC(Br)C2)n1. The van der Waals surface area contributed by atoms with E-state index in [4.69, 9.17) is 4.74 Å². The van der Waals surface area contributed by atoms with Crippen molar-refractivity contribution in [3.05, 3.63) is 12.4 Å². The van der Waals surface area contributed by atoms with Crippen molar-refractivity contribution in [1.82, 2.24) is 9.97 Å². The van der Waals surface area contributed by atoms with Gasteiger partial charge >= 0.3 is 0 Å². The molecule has 1 aromatic rings. The summed E-state index contributed by atoms with van der Waals surface area (Å²) >= 11 is 3.62. The summed E-state index contributed by atoms with van der Waals surface area (Å²) in [7, 11) is 0. The molecule has 1 aromatic heterocycles. The molecule has 1 fully saturated rings. The van der Waals surface area contributed by atoms with Gasteiger partial charge in [0.25, 0.3) is 0 Å². The molecule has 1 atom stereocenters. The lowest BCUT2D eigenvalue weighted by atomic mass is 10.4. The fraction of sp³-hybridized carbons (Fsp3) is 0.636. The Morgan fingerprint density at radius 3 is 3.12 bits per heavy atom. The molecule has 0 bridgehead atoms. The number of aromatic nitrogens is 2. The molecule has 0 spiro atoms. The highest BCUT2D eigenvalue weighted by Crippen LogP contribution is 2.22. The van der Waals surface area contributed by atoms with Crippen molar-refractivity contribution in [3.8, 4) is 5.88 Å². The molecule has 0 aliphatic carbocycles. The molecule has 4 nitrogen and oxygen atoms in total. The van der Waals surface area contributed by atoms with E-state index in [-0.39, 0.29) is 0 Å². The third kappa shape index (κ3) is 2.84. The van der Waals surface area contributed by atoms with Gasteiger partial charge in [-0.25, -0.2) is 0 Å². The zero-order valence-corrected chi connectivity index (χ0v) is 11.0. The minimum absolute atomic E-state index is 0.564. The molecule has 1 saturated heterocycles. The molecule has 0 saturated carbocycles. The molecule has 0 aromatic carbocycles. The molecule has 2 rings (SSSR count). The highest BCUT2D eigenvalue weighted by molar-refractivity contribution is 9.09. The van der Waals surface area contributed by atoms with Crippen molar-refractivity contribution < 1.29 is 4.74 Å². The molecule has 0 N–H and O–H groups in total. The lowest BCUT2D eigenvalue weighted by Crippen LogP contribution is -2.21. The second-order valence-corrected chi connectivity index (χ2v) is 5.19. The standard InChI is InChI=1S/C11H16BrN3O/c1-2-5-16-11-7-13-6-10(14-11)15-4-3-9(12)8-15/h6-7,9H,2-5,8H2,1H3. The van der Waals surface area contributed by atoms with E-state index in [2.05, 4.69) is 37.7 Å². The van der Waals surface area contributed by atoms with Crippen LogP contribution in [-0.2, 0) is 0 Å². The van der Waals surface area contributed by atoms with E-state index in [0.717, 1.165) is 31.7 Å². The van der Waals surface area contributed by atoms with E-state index >= 15 is 0 Å². The molecule has 88 valence electrons. The molecule has 5 heteroatoms. The van der Waals surface area contributed by atoms with E-state index in [1.165, 1.54) is 0 Å². The van der Waals surface area contributed by atoms with Gasteiger partial charge in [-0.3, -0.25) is 4.98 Å². The minimum atomic E-state index is 0.564. The first-order chi connectivity index (χ1) is 7.79. The average Bonchev–Trinajstić information content (AvgIpc) is 2.74. The Morgan fingerprint density at radius 1 is 1.56 bits per heavy atom. The molecular formula is C11H16BrN3O. The third-order valence-corrected chi connectivity index (χ3v) is 3.26. The van der Waals surface area contributed by atoms with Crippen LogP contribution in [0.25, 0.3) is 0 Å². The Kier molecular flexibility index (Phi) is 3.98. The number of halogens is 1. The second-order valence-electron chi connectivity index (χ2n) is 3.90. The molecule has 0 amide bonds. The average molecular weight is 286 g/mol. The van der Waals surface area contributed by atoms with Gasteiger partial charge in [0.05, 0.1) is 19.0 Å². The number of alkyl halides is 1. The van der Waals surface area contributed by atoms with Crippen LogP contribution in [0, 0.1) is 0 Å². The Labute approximate surface area is 104 Å². The first-order valence-electron chi connectivity index (χ1n) is 5.63. The summed E-state index contributed by atoms with van der Waals surface area (Å²) < 4.78 is 5.47. The highest BCUT2D eigenvalue weighted by atomic mass is 79.9. The summed E-state index contributed by atoms with van der Waals surface area (Å²) in [5.74, 6) is 1.54. The smallest absolute Gasteiger partial charge is 0.234 e. The number of nitrogens with zero attached hydrogens (tertiary/aromatic N) is 3. The maximum atomic E-state index is 5.47. The fourth-order valence-electron chi connectivity index (χ4n) is 1.69. The maximum Gasteiger partial charge on any atom is 0.234 e. The van der Waals surface area contributed by atoms with Gasteiger partial charge in [0.15, 0.2) is 5.82 Å². The summed E-state index contributed by atoms with van der Waals surface area (Å²) in [5.41, 5.74) is 0. The number of hydrogen-bond acceptors (Lipinski definition) is 4. The van der Waals surface area contributed by atoms with Crippen molar-refractivity contribution in [3.63, 3.8) is 0 Å². The van der Waals surface area contributed by atoms with Gasteiger partial charge in [-0.1, -0.05) is 22.9 Å². The zero-order chi connectivity index (χ0) is 11.4. The minimum Gasteiger partial charge on any atom is -0.477 e. The molecule has 1 unspecified atom stereocenters. The van der Waals surface area contributed by atoms with Gasteiger partial charge in [0.1, 0.15) is 0 Å². The van der Waals surface area contributed by atoms with Crippen LogP contribution in [0.5, 0.6) is 5.88 Å². The Hall–Kier alpha value is -0.840. The number of anilines is 1. The number of ether oxygens (including phenoxy) is 1. The van der Waals surface area contributed by atoms with Crippen LogP contribution in [0.3, 0.4) is 0 Å². The van der Waals surface area contributed by atoms with E-state index in [0.29, 0.717) is 17.3 Å². The van der Waals surface area contributed by atoms with Crippen LogP contribution in [0.15, 0.2) is 12.4 Å². The van der Waals surface area contributed by atoms with E-state index in [1.807, 2.05) is 0 Å². The Bertz CT molecular complexity index is 348. The van der Waals surface area contributed by atoms with Crippen LogP contribution in [-0.4, -0.2) is 34.5 Å². The van der Waals surface area contributed by atoms with Gasteiger partial charge < -0.3 is 9.64 Å². The molecule has 16 heavy (non-hydrogen) atoms. The normalized spacial score (nSPS) is 20.1. The predicted molar refractivity (Wildman–Crippen MR) is 67.4 cm³/mol. The number of hydrogen-bond donors (Lipinski definition) is 0. The third-order valence-electron chi connectivity index (χ3n) is 2.51. The summed E-state index contributed by atoms with van der Waals surface area (Å²) in [4.78, 5) is 11.4. The maximum absolute atomic E-state index is 5.47. The lowest BCUT2D eigenvalue weighted by Gasteiger charge is -2.16. The quantitative estimate of drug-likeness (QED) is 0.796. The molecule has 2 heterocycles. The first-order valence-corrected chi connectivity index (χ1v) is 6.55. The molecular weight excluding hydrogens is 270 g/mol. The highest BCUT2D eigenvalue weighted by Gasteiger charge is 2.21. The van der Waals surface area contributed by atoms with E-state index in [9.17, 15) is 0 Å². The number of rotatable bonds is 4. The van der Waals surface area contributed by atoms with Crippen molar-refractivity contribution in [2.45, 2.75) is 24.6 Å². The Morgan fingerprint density at radius 2 is 2.44 bits per heavy atom. The van der Waals surface area contributed by atoms with Crippen molar-refractivity contribution >= 4 is 21.7 Å². The molecule has 1 aliphatic heterocycles. The van der Waals surface area contributed by atoms with Gasteiger partial charge in [0.2, 0.25) is 5.88 Å². The predicted octanol–water partition coefficient (Wildman–Crippen LogP) is 2.24. The summed E-state index contributed by atoms with van der Waals surface area (Å²) in [5, 5.41) is 0. The van der Waals surface area contributed by atoms with E-state index in [1.54, 1.807) is 12.4 Å². The largest absolute Gasteiger partial charge is 0.477 e. The van der Waals surface area contributed by atoms with Crippen molar-refractivity contribution in [2.24, 2.45) is 0 Å². The van der Waals surface area contributed by atoms with Crippen LogP contribution in [0.2, 0.25) is 0 Å². The fourth-order valence-corrected chi connectivity index (χ4v) is 2.25.